The fourth-order valence-electron chi connectivity index (χ4n) is 5.03. The number of nitrogens with zero attached hydrogens (tertiary/aromatic N) is 1. The van der Waals surface area contributed by atoms with E-state index in [4.69, 9.17) is 20.8 Å². The highest BCUT2D eigenvalue weighted by molar-refractivity contribution is 6.31. The molecule has 0 spiro atoms. The molecule has 1 fully saturated rings. The molecule has 5 rings (SSSR count). The summed E-state index contributed by atoms with van der Waals surface area (Å²) in [6.45, 7) is 7.53. The van der Waals surface area contributed by atoms with Crippen molar-refractivity contribution in [3.8, 4) is 22.3 Å². The van der Waals surface area contributed by atoms with E-state index in [1.807, 2.05) is 6.07 Å². The van der Waals surface area contributed by atoms with Gasteiger partial charge in [-0.3, -0.25) is 4.79 Å². The van der Waals surface area contributed by atoms with Gasteiger partial charge in [0.15, 0.2) is 0 Å². The van der Waals surface area contributed by atoms with Crippen LogP contribution in [0.2, 0.25) is 5.02 Å². The third kappa shape index (κ3) is 6.99. The lowest BCUT2D eigenvalue weighted by atomic mass is 9.94. The number of furan rings is 1. The number of halogens is 4. The molecule has 1 aromatic heterocycles. The molecule has 2 amide bonds. The molecule has 0 aliphatic carbocycles. The van der Waals surface area contributed by atoms with Crippen molar-refractivity contribution in [2.24, 2.45) is 0 Å². The van der Waals surface area contributed by atoms with Crippen LogP contribution in [-0.4, -0.2) is 41.3 Å². The number of rotatable bonds is 5. The molecule has 1 aliphatic rings. The lowest BCUT2D eigenvalue weighted by molar-refractivity contribution is 0.0498. The van der Waals surface area contributed by atoms with Gasteiger partial charge in [0.1, 0.15) is 34.2 Å². The van der Waals surface area contributed by atoms with Crippen LogP contribution in [0.4, 0.5) is 18.0 Å². The summed E-state index contributed by atoms with van der Waals surface area (Å²) in [5.74, 6) is -1.49. The Morgan fingerprint density at radius 1 is 0.977 bits per heavy atom. The Labute approximate surface area is 252 Å². The molecule has 1 aliphatic heterocycles. The largest absolute Gasteiger partial charge is 0.459 e. The molecule has 0 radical (unpaired) electrons. The van der Waals surface area contributed by atoms with Crippen molar-refractivity contribution in [2.75, 3.05) is 13.1 Å². The van der Waals surface area contributed by atoms with Gasteiger partial charge in [-0.1, -0.05) is 23.7 Å². The normalized spacial score (nSPS) is 15.0. The van der Waals surface area contributed by atoms with Gasteiger partial charge < -0.3 is 19.4 Å². The Morgan fingerprint density at radius 3 is 2.30 bits per heavy atom. The van der Waals surface area contributed by atoms with Gasteiger partial charge in [-0.2, -0.15) is 0 Å². The maximum atomic E-state index is 15.1. The van der Waals surface area contributed by atoms with Crippen LogP contribution in [0.3, 0.4) is 0 Å². The Hall–Kier alpha value is -3.98. The molecule has 0 atom stereocenters. The van der Waals surface area contributed by atoms with E-state index >= 15 is 4.39 Å². The summed E-state index contributed by atoms with van der Waals surface area (Å²) in [6.07, 6.45) is -0.0317. The van der Waals surface area contributed by atoms with Crippen molar-refractivity contribution in [3.05, 3.63) is 82.6 Å². The Balaban J connectivity index is 1.49. The Bertz CT molecular complexity index is 1680. The first-order chi connectivity index (χ1) is 20.2. The highest BCUT2D eigenvalue weighted by Crippen LogP contribution is 2.38. The predicted octanol–water partition coefficient (Wildman–Crippen LogP) is 8.69. The van der Waals surface area contributed by atoms with E-state index in [9.17, 15) is 18.4 Å². The number of nitrogens with one attached hydrogen (secondary N) is 1. The third-order valence-electron chi connectivity index (χ3n) is 7.33. The average Bonchev–Trinajstić information content (AvgIpc) is 3.35. The number of likely N-dealkylation sites (tertiary alicyclic amines) is 1. The standard InChI is InChI=1S/C33H32ClF3N2O4/c1-32(2,3)43-31(41)38-18-23-14-22-13-21(15-25(29(22)42-23)24-16-26(34)28(36)17-27(24)35)19-5-7-20(8-6-19)30(40)39-11-9-33(4,37)10-12-39/h5-8,13-17H,9-12,18H2,1-4H3,(H,38,41). The summed E-state index contributed by atoms with van der Waals surface area (Å²) in [5.41, 5.74) is 0.644. The summed E-state index contributed by atoms with van der Waals surface area (Å²) in [4.78, 5) is 26.9. The van der Waals surface area contributed by atoms with Gasteiger partial charge in [-0.15, -0.1) is 0 Å². The number of hydrogen-bond donors (Lipinski definition) is 1. The van der Waals surface area contributed by atoms with Gasteiger partial charge in [0.25, 0.3) is 5.91 Å². The van der Waals surface area contributed by atoms with Gasteiger partial charge >= 0.3 is 6.09 Å². The van der Waals surface area contributed by atoms with Crippen LogP contribution in [0.1, 0.15) is 56.7 Å². The van der Waals surface area contributed by atoms with Crippen LogP contribution in [-0.2, 0) is 11.3 Å². The number of hydrogen-bond acceptors (Lipinski definition) is 4. The van der Waals surface area contributed by atoms with Crippen molar-refractivity contribution in [1.29, 1.82) is 0 Å². The lowest BCUT2D eigenvalue weighted by Crippen LogP contribution is -2.43. The first-order valence-electron chi connectivity index (χ1n) is 14.0. The molecule has 6 nitrogen and oxygen atoms in total. The first kappa shape index (κ1) is 30.5. The van der Waals surface area contributed by atoms with Crippen molar-refractivity contribution in [1.82, 2.24) is 10.2 Å². The molecule has 0 unspecified atom stereocenters. The van der Waals surface area contributed by atoms with Crippen molar-refractivity contribution in [2.45, 2.75) is 58.4 Å². The monoisotopic (exact) mass is 612 g/mol. The summed E-state index contributed by atoms with van der Waals surface area (Å²) in [6, 6.07) is 14.1. The highest BCUT2D eigenvalue weighted by Gasteiger charge is 2.31. The summed E-state index contributed by atoms with van der Waals surface area (Å²) in [7, 11) is 0. The number of piperidine rings is 1. The molecular formula is C33H32ClF3N2O4. The van der Waals surface area contributed by atoms with Gasteiger partial charge in [0, 0.05) is 41.2 Å². The fourth-order valence-corrected chi connectivity index (χ4v) is 5.19. The van der Waals surface area contributed by atoms with Gasteiger partial charge in [0.2, 0.25) is 0 Å². The number of benzene rings is 3. The van der Waals surface area contributed by atoms with Crippen LogP contribution in [0.15, 0.2) is 59.0 Å². The molecule has 226 valence electrons. The second-order valence-corrected chi connectivity index (χ2v) is 12.4. The number of alkyl carbamates (subject to hydrolysis) is 1. The zero-order chi connectivity index (χ0) is 31.1. The van der Waals surface area contributed by atoms with Crippen molar-refractivity contribution < 1.29 is 31.9 Å². The number of ether oxygens (including phenoxy) is 1. The summed E-state index contributed by atoms with van der Waals surface area (Å²) < 4.78 is 54.6. The Morgan fingerprint density at radius 2 is 1.65 bits per heavy atom. The first-order valence-corrected chi connectivity index (χ1v) is 14.3. The van der Waals surface area contributed by atoms with E-state index < -0.39 is 29.0 Å². The number of fused-ring (bicyclic) bond motifs is 1. The topological polar surface area (TPSA) is 71.8 Å². The molecular weight excluding hydrogens is 581 g/mol. The number of carbonyl (C=O) groups is 2. The minimum Gasteiger partial charge on any atom is -0.459 e. The van der Waals surface area contributed by atoms with Crippen molar-refractivity contribution in [3.63, 3.8) is 0 Å². The minimum atomic E-state index is -1.26. The molecule has 2 heterocycles. The predicted molar refractivity (Wildman–Crippen MR) is 160 cm³/mol. The number of amides is 2. The molecule has 0 bridgehead atoms. The van der Waals surface area contributed by atoms with Gasteiger partial charge in [0.05, 0.1) is 11.6 Å². The molecule has 4 aromatic rings. The molecule has 0 saturated carbocycles. The minimum absolute atomic E-state index is 0.0138. The molecule has 3 aromatic carbocycles. The van der Waals surface area contributed by atoms with E-state index in [2.05, 4.69) is 5.32 Å². The van der Waals surface area contributed by atoms with Crippen LogP contribution < -0.4 is 5.32 Å². The summed E-state index contributed by atoms with van der Waals surface area (Å²) >= 11 is 6.02. The van der Waals surface area contributed by atoms with Crippen molar-refractivity contribution >= 4 is 34.6 Å². The van der Waals surface area contributed by atoms with E-state index in [1.54, 1.807) is 69.0 Å². The maximum absolute atomic E-state index is 15.1. The van der Waals surface area contributed by atoms with Gasteiger partial charge in [-0.05, 0) is 88.1 Å². The van der Waals surface area contributed by atoms with Crippen LogP contribution >= 0.6 is 11.6 Å². The molecule has 10 heteroatoms. The second kappa shape index (κ2) is 11.6. The van der Waals surface area contributed by atoms with Crippen LogP contribution in [0, 0.1) is 11.6 Å². The van der Waals surface area contributed by atoms with Gasteiger partial charge in [-0.25, -0.2) is 18.0 Å². The lowest BCUT2D eigenvalue weighted by Gasteiger charge is -2.34. The van der Waals surface area contributed by atoms with E-state index in [-0.39, 0.29) is 23.0 Å². The molecule has 1 saturated heterocycles. The van der Waals surface area contributed by atoms with E-state index in [0.29, 0.717) is 59.4 Å². The molecule has 1 N–H and O–H groups in total. The Kier molecular flexibility index (Phi) is 8.22. The van der Waals surface area contributed by atoms with E-state index in [1.165, 1.54) is 6.07 Å². The maximum Gasteiger partial charge on any atom is 0.408 e. The summed E-state index contributed by atoms with van der Waals surface area (Å²) in [5, 5.41) is 3.00. The van der Waals surface area contributed by atoms with Crippen LogP contribution in [0.25, 0.3) is 33.2 Å². The second-order valence-electron chi connectivity index (χ2n) is 12.0. The fraction of sp³-hybridized carbons (Fsp3) is 0.333. The number of carbonyl (C=O) groups excluding carboxylic acids is 2. The SMILES string of the molecule is CC1(F)CCN(C(=O)c2ccc(-c3cc(-c4cc(Cl)c(F)cc4F)c4oc(CNC(=O)OC(C)(C)C)cc4c3)cc2)CC1. The third-order valence-corrected chi connectivity index (χ3v) is 7.62. The number of alkyl halides is 1. The quantitative estimate of drug-likeness (QED) is 0.229. The zero-order valence-corrected chi connectivity index (χ0v) is 25.1. The highest BCUT2D eigenvalue weighted by atomic mass is 35.5. The average molecular weight is 613 g/mol. The van der Waals surface area contributed by atoms with E-state index in [0.717, 1.165) is 11.6 Å². The zero-order valence-electron chi connectivity index (χ0n) is 24.3. The van der Waals surface area contributed by atoms with Crippen LogP contribution in [0.5, 0.6) is 0 Å². The molecule has 43 heavy (non-hydrogen) atoms. The smallest absolute Gasteiger partial charge is 0.408 e.